The Morgan fingerprint density at radius 3 is 1.30 bits per heavy atom. The summed E-state index contributed by atoms with van der Waals surface area (Å²) in [6.07, 6.45) is 0. The summed E-state index contributed by atoms with van der Waals surface area (Å²) in [6.45, 7) is 0. The standard InChI is InChI=1S/C39H26ClN3/c40-34-15-9-14-33(26-34)29-20-24-32(25-21-29)38-41-37(31-22-18-28(19-23-31)27-10-3-1-4-11-27)42-39(43-38)36-17-8-7-16-35(36)30-12-5-2-6-13-30/h1-26H. The van der Waals surface area contributed by atoms with Crippen LogP contribution in [0.2, 0.25) is 5.02 Å². The highest BCUT2D eigenvalue weighted by Gasteiger charge is 2.16. The average Bonchev–Trinajstić information content (AvgIpc) is 3.09. The molecule has 7 rings (SSSR count). The molecule has 0 aliphatic rings. The summed E-state index contributed by atoms with van der Waals surface area (Å²) in [5.41, 5.74) is 9.42. The largest absolute Gasteiger partial charge is 0.208 e. The van der Waals surface area contributed by atoms with E-state index in [2.05, 4.69) is 103 Å². The summed E-state index contributed by atoms with van der Waals surface area (Å²) in [6, 6.07) is 53.5. The molecule has 0 saturated heterocycles. The normalized spacial score (nSPS) is 10.9. The van der Waals surface area contributed by atoms with Crippen molar-refractivity contribution < 1.29 is 0 Å². The number of halogens is 1. The third-order valence-corrected chi connectivity index (χ3v) is 7.67. The molecule has 0 atom stereocenters. The molecule has 0 aliphatic carbocycles. The molecule has 7 aromatic rings. The second kappa shape index (κ2) is 11.8. The van der Waals surface area contributed by atoms with Crippen LogP contribution in [0.5, 0.6) is 0 Å². The van der Waals surface area contributed by atoms with E-state index in [1.165, 1.54) is 5.56 Å². The van der Waals surface area contributed by atoms with Crippen LogP contribution in [0, 0.1) is 0 Å². The SMILES string of the molecule is Clc1cccc(-c2ccc(-c3nc(-c4ccc(-c5ccccc5)cc4)nc(-c4ccccc4-c4ccccc4)n3)cc2)c1. The fourth-order valence-corrected chi connectivity index (χ4v) is 5.41. The number of rotatable bonds is 6. The Hall–Kier alpha value is -5.38. The number of nitrogens with zero attached hydrogens (tertiary/aromatic N) is 3. The lowest BCUT2D eigenvalue weighted by atomic mass is 9.99. The molecule has 1 aromatic heterocycles. The first-order chi connectivity index (χ1) is 21.2. The van der Waals surface area contributed by atoms with Gasteiger partial charge < -0.3 is 0 Å². The first-order valence-corrected chi connectivity index (χ1v) is 14.5. The maximum Gasteiger partial charge on any atom is 0.164 e. The van der Waals surface area contributed by atoms with Gasteiger partial charge in [0, 0.05) is 21.7 Å². The first kappa shape index (κ1) is 26.5. The van der Waals surface area contributed by atoms with E-state index in [0.717, 1.165) is 44.5 Å². The molecule has 204 valence electrons. The van der Waals surface area contributed by atoms with Crippen LogP contribution in [-0.2, 0) is 0 Å². The second-order valence-electron chi connectivity index (χ2n) is 10.2. The quantitative estimate of drug-likeness (QED) is 0.199. The zero-order chi connectivity index (χ0) is 29.0. The van der Waals surface area contributed by atoms with Gasteiger partial charge in [-0.2, -0.15) is 0 Å². The van der Waals surface area contributed by atoms with E-state index >= 15 is 0 Å². The molecule has 0 amide bonds. The molecule has 6 aromatic carbocycles. The molecular formula is C39H26ClN3. The molecule has 4 heteroatoms. The maximum atomic E-state index is 6.25. The van der Waals surface area contributed by atoms with Gasteiger partial charge in [0.05, 0.1) is 0 Å². The van der Waals surface area contributed by atoms with E-state index in [-0.39, 0.29) is 0 Å². The van der Waals surface area contributed by atoms with Crippen molar-refractivity contribution in [1.82, 2.24) is 15.0 Å². The zero-order valence-corrected chi connectivity index (χ0v) is 24.0. The van der Waals surface area contributed by atoms with E-state index in [0.29, 0.717) is 22.5 Å². The zero-order valence-electron chi connectivity index (χ0n) is 23.2. The minimum absolute atomic E-state index is 0.618. The van der Waals surface area contributed by atoms with Crippen LogP contribution in [0.4, 0.5) is 0 Å². The van der Waals surface area contributed by atoms with Gasteiger partial charge in [0.15, 0.2) is 17.5 Å². The fourth-order valence-electron chi connectivity index (χ4n) is 5.22. The fraction of sp³-hybridized carbons (Fsp3) is 0. The third-order valence-electron chi connectivity index (χ3n) is 7.44. The van der Waals surface area contributed by atoms with E-state index in [9.17, 15) is 0 Å². The Labute approximate surface area is 256 Å². The van der Waals surface area contributed by atoms with Gasteiger partial charge >= 0.3 is 0 Å². The van der Waals surface area contributed by atoms with Gasteiger partial charge in [-0.15, -0.1) is 0 Å². The lowest BCUT2D eigenvalue weighted by molar-refractivity contribution is 1.07. The van der Waals surface area contributed by atoms with Crippen molar-refractivity contribution in [3.8, 4) is 67.5 Å². The van der Waals surface area contributed by atoms with Gasteiger partial charge in [-0.1, -0.05) is 157 Å². The number of benzene rings is 6. The molecule has 0 bridgehead atoms. The van der Waals surface area contributed by atoms with Crippen molar-refractivity contribution in [3.05, 3.63) is 163 Å². The molecule has 0 saturated carbocycles. The summed E-state index contributed by atoms with van der Waals surface area (Å²) >= 11 is 6.25. The van der Waals surface area contributed by atoms with Gasteiger partial charge in [0.25, 0.3) is 0 Å². The smallest absolute Gasteiger partial charge is 0.164 e. The summed E-state index contributed by atoms with van der Waals surface area (Å²) in [7, 11) is 0. The van der Waals surface area contributed by atoms with Crippen molar-refractivity contribution in [2.24, 2.45) is 0 Å². The summed E-state index contributed by atoms with van der Waals surface area (Å²) in [4.78, 5) is 15.0. The molecule has 0 radical (unpaired) electrons. The highest BCUT2D eigenvalue weighted by molar-refractivity contribution is 6.30. The van der Waals surface area contributed by atoms with Gasteiger partial charge in [-0.3, -0.25) is 0 Å². The molecule has 0 N–H and O–H groups in total. The van der Waals surface area contributed by atoms with E-state index in [1.54, 1.807) is 0 Å². The van der Waals surface area contributed by atoms with Crippen molar-refractivity contribution in [1.29, 1.82) is 0 Å². The number of aromatic nitrogens is 3. The molecule has 3 nitrogen and oxygen atoms in total. The van der Waals surface area contributed by atoms with Crippen LogP contribution in [-0.4, -0.2) is 15.0 Å². The van der Waals surface area contributed by atoms with Crippen LogP contribution < -0.4 is 0 Å². The number of hydrogen-bond acceptors (Lipinski definition) is 3. The van der Waals surface area contributed by atoms with Crippen LogP contribution in [0.25, 0.3) is 67.5 Å². The predicted octanol–water partition coefficient (Wildman–Crippen LogP) is 10.5. The highest BCUT2D eigenvalue weighted by Crippen LogP contribution is 2.33. The Bertz CT molecular complexity index is 2000. The monoisotopic (exact) mass is 571 g/mol. The Kier molecular flexibility index (Phi) is 7.31. The van der Waals surface area contributed by atoms with E-state index in [1.807, 2.05) is 54.6 Å². The van der Waals surface area contributed by atoms with E-state index in [4.69, 9.17) is 26.6 Å². The molecule has 0 fully saturated rings. The van der Waals surface area contributed by atoms with Gasteiger partial charge in [-0.05, 0) is 45.5 Å². The molecular weight excluding hydrogens is 546 g/mol. The molecule has 0 aliphatic heterocycles. The second-order valence-corrected chi connectivity index (χ2v) is 10.7. The van der Waals surface area contributed by atoms with Crippen molar-refractivity contribution in [3.63, 3.8) is 0 Å². The lowest BCUT2D eigenvalue weighted by Gasteiger charge is -2.12. The summed E-state index contributed by atoms with van der Waals surface area (Å²) < 4.78 is 0. The highest BCUT2D eigenvalue weighted by atomic mass is 35.5. The maximum absolute atomic E-state index is 6.25. The number of hydrogen-bond donors (Lipinski definition) is 0. The van der Waals surface area contributed by atoms with Crippen LogP contribution in [0.15, 0.2) is 158 Å². The minimum atomic E-state index is 0.618. The van der Waals surface area contributed by atoms with Crippen LogP contribution >= 0.6 is 11.6 Å². The minimum Gasteiger partial charge on any atom is -0.208 e. The molecule has 0 unspecified atom stereocenters. The molecule has 1 heterocycles. The summed E-state index contributed by atoms with van der Waals surface area (Å²) in [5, 5.41) is 0.712. The first-order valence-electron chi connectivity index (χ1n) is 14.1. The Balaban J connectivity index is 1.35. The Morgan fingerprint density at radius 2 is 0.721 bits per heavy atom. The van der Waals surface area contributed by atoms with E-state index < -0.39 is 0 Å². The average molecular weight is 572 g/mol. The van der Waals surface area contributed by atoms with Crippen molar-refractivity contribution >= 4 is 11.6 Å². The van der Waals surface area contributed by atoms with Gasteiger partial charge in [0.1, 0.15) is 0 Å². The van der Waals surface area contributed by atoms with Crippen LogP contribution in [0.1, 0.15) is 0 Å². The topological polar surface area (TPSA) is 38.7 Å². The van der Waals surface area contributed by atoms with Gasteiger partial charge in [-0.25, -0.2) is 15.0 Å². The third kappa shape index (κ3) is 5.72. The van der Waals surface area contributed by atoms with Crippen molar-refractivity contribution in [2.45, 2.75) is 0 Å². The summed E-state index contributed by atoms with van der Waals surface area (Å²) in [5.74, 6) is 1.87. The molecule has 43 heavy (non-hydrogen) atoms. The Morgan fingerprint density at radius 1 is 0.302 bits per heavy atom. The molecule has 0 spiro atoms. The van der Waals surface area contributed by atoms with Crippen LogP contribution in [0.3, 0.4) is 0 Å². The predicted molar refractivity (Wildman–Crippen MR) is 177 cm³/mol. The lowest BCUT2D eigenvalue weighted by Crippen LogP contribution is -2.01. The van der Waals surface area contributed by atoms with Crippen molar-refractivity contribution in [2.75, 3.05) is 0 Å². The van der Waals surface area contributed by atoms with Gasteiger partial charge in [0.2, 0.25) is 0 Å².